The maximum Gasteiger partial charge on any atom is 0.326 e. The van der Waals surface area contributed by atoms with E-state index in [9.17, 15) is 18.7 Å². The number of nitrogens with one attached hydrogen (secondary N) is 1. The molecule has 0 radical (unpaired) electrons. The average molecular weight is 425 g/mol. The SMILES string of the molecule is CC(C)c1c(Cc2ncco2)c2cc(O)ccc2n1C(=O)NCc1cc(F)cc(F)c1. The lowest BCUT2D eigenvalue weighted by Gasteiger charge is -2.15. The third-order valence-electron chi connectivity index (χ3n) is 5.02. The van der Waals surface area contributed by atoms with Crippen molar-refractivity contribution >= 4 is 16.9 Å². The Kier molecular flexibility index (Phi) is 5.46. The molecular formula is C23H21F2N3O3. The number of amides is 1. The van der Waals surface area contributed by atoms with Crippen molar-refractivity contribution in [3.8, 4) is 5.75 Å². The summed E-state index contributed by atoms with van der Waals surface area (Å²) < 4.78 is 33.9. The molecule has 2 N–H and O–H groups in total. The molecule has 2 heterocycles. The first kappa shape index (κ1) is 20.6. The number of rotatable bonds is 5. The molecule has 0 aliphatic rings. The van der Waals surface area contributed by atoms with Gasteiger partial charge >= 0.3 is 6.03 Å². The second-order valence-electron chi connectivity index (χ2n) is 7.59. The number of phenolic OH excluding ortho intramolecular Hbond substituents is 1. The highest BCUT2D eigenvalue weighted by Crippen LogP contribution is 2.34. The van der Waals surface area contributed by atoms with Crippen LogP contribution in [0, 0.1) is 11.6 Å². The standard InChI is InChI=1S/C23H21F2N3O3/c1-13(2)22-19(11-21-26-5-6-31-21)18-10-17(29)3-4-20(18)28(22)23(30)27-12-14-7-15(24)9-16(25)8-14/h3-10,13,29H,11-12H2,1-2H3,(H,27,30). The molecule has 2 aromatic heterocycles. The number of oxazole rings is 1. The van der Waals surface area contributed by atoms with Crippen LogP contribution in [0.3, 0.4) is 0 Å². The third-order valence-corrected chi connectivity index (χ3v) is 5.02. The predicted octanol–water partition coefficient (Wildman–Crippen LogP) is 5.09. The van der Waals surface area contributed by atoms with Crippen molar-refractivity contribution in [3.05, 3.63) is 83.2 Å². The Morgan fingerprint density at radius 2 is 1.94 bits per heavy atom. The molecular weight excluding hydrogens is 404 g/mol. The summed E-state index contributed by atoms with van der Waals surface area (Å²) in [6.07, 6.45) is 3.37. The normalized spacial score (nSPS) is 11.4. The van der Waals surface area contributed by atoms with Crippen molar-refractivity contribution in [3.63, 3.8) is 0 Å². The van der Waals surface area contributed by atoms with Crippen molar-refractivity contribution in [2.24, 2.45) is 0 Å². The summed E-state index contributed by atoms with van der Waals surface area (Å²) in [5.74, 6) is -0.898. The summed E-state index contributed by atoms with van der Waals surface area (Å²) >= 11 is 0. The van der Waals surface area contributed by atoms with E-state index >= 15 is 0 Å². The van der Waals surface area contributed by atoms with Gasteiger partial charge in [0.15, 0.2) is 5.89 Å². The third kappa shape index (κ3) is 4.14. The van der Waals surface area contributed by atoms with Crippen LogP contribution in [0.25, 0.3) is 10.9 Å². The number of hydrogen-bond acceptors (Lipinski definition) is 4. The fourth-order valence-corrected chi connectivity index (χ4v) is 3.84. The van der Waals surface area contributed by atoms with E-state index in [4.69, 9.17) is 4.42 Å². The maximum atomic E-state index is 13.5. The quantitative estimate of drug-likeness (QED) is 0.467. The average Bonchev–Trinajstić information content (AvgIpc) is 3.32. The van der Waals surface area contributed by atoms with Crippen LogP contribution >= 0.6 is 0 Å². The summed E-state index contributed by atoms with van der Waals surface area (Å²) in [4.78, 5) is 17.4. The summed E-state index contributed by atoms with van der Waals surface area (Å²) in [5.41, 5.74) is 2.47. The summed E-state index contributed by atoms with van der Waals surface area (Å²) in [6, 6.07) is 7.46. The van der Waals surface area contributed by atoms with Crippen LogP contribution in [0.15, 0.2) is 53.3 Å². The van der Waals surface area contributed by atoms with Gasteiger partial charge in [0.1, 0.15) is 23.6 Å². The van der Waals surface area contributed by atoms with Crippen molar-refractivity contribution in [2.75, 3.05) is 0 Å². The number of halogens is 2. The lowest BCUT2D eigenvalue weighted by molar-refractivity contribution is 0.242. The first-order valence-corrected chi connectivity index (χ1v) is 9.81. The zero-order valence-electron chi connectivity index (χ0n) is 17.0. The van der Waals surface area contributed by atoms with Crippen LogP contribution in [-0.2, 0) is 13.0 Å². The van der Waals surface area contributed by atoms with E-state index in [-0.39, 0.29) is 18.2 Å². The molecule has 0 saturated heterocycles. The van der Waals surface area contributed by atoms with E-state index < -0.39 is 17.7 Å². The Morgan fingerprint density at radius 1 is 1.19 bits per heavy atom. The molecule has 31 heavy (non-hydrogen) atoms. The van der Waals surface area contributed by atoms with Gasteiger partial charge in [0.2, 0.25) is 0 Å². The zero-order chi connectivity index (χ0) is 22.1. The molecule has 160 valence electrons. The van der Waals surface area contributed by atoms with E-state index in [1.807, 2.05) is 13.8 Å². The van der Waals surface area contributed by atoms with Gasteiger partial charge in [-0.1, -0.05) is 13.8 Å². The largest absolute Gasteiger partial charge is 0.508 e. The Morgan fingerprint density at radius 3 is 2.58 bits per heavy atom. The minimum absolute atomic E-state index is 0.0438. The van der Waals surface area contributed by atoms with E-state index in [1.165, 1.54) is 29.0 Å². The van der Waals surface area contributed by atoms with E-state index in [2.05, 4.69) is 10.3 Å². The fourth-order valence-electron chi connectivity index (χ4n) is 3.84. The molecule has 4 aromatic rings. The number of benzene rings is 2. The molecule has 0 aliphatic heterocycles. The topological polar surface area (TPSA) is 80.3 Å². The number of fused-ring (bicyclic) bond motifs is 1. The number of hydrogen-bond donors (Lipinski definition) is 2. The van der Waals surface area contributed by atoms with Crippen molar-refractivity contribution in [1.29, 1.82) is 0 Å². The monoisotopic (exact) mass is 425 g/mol. The first-order valence-electron chi connectivity index (χ1n) is 9.81. The molecule has 8 heteroatoms. The second-order valence-corrected chi connectivity index (χ2v) is 7.59. The molecule has 0 unspecified atom stereocenters. The summed E-state index contributed by atoms with van der Waals surface area (Å²) in [5, 5.41) is 13.5. The highest BCUT2D eigenvalue weighted by molar-refractivity contribution is 5.96. The first-order chi connectivity index (χ1) is 14.8. The van der Waals surface area contributed by atoms with Gasteiger partial charge in [-0.2, -0.15) is 0 Å². The van der Waals surface area contributed by atoms with E-state index in [0.717, 1.165) is 17.3 Å². The van der Waals surface area contributed by atoms with Gasteiger partial charge in [-0.15, -0.1) is 0 Å². The lowest BCUT2D eigenvalue weighted by Crippen LogP contribution is -2.29. The van der Waals surface area contributed by atoms with Gasteiger partial charge in [0.05, 0.1) is 18.1 Å². The fraction of sp³-hybridized carbons (Fsp3) is 0.217. The van der Waals surface area contributed by atoms with Gasteiger partial charge in [-0.25, -0.2) is 18.6 Å². The molecule has 0 spiro atoms. The molecule has 0 saturated carbocycles. The summed E-state index contributed by atoms with van der Waals surface area (Å²) in [7, 11) is 0. The van der Waals surface area contributed by atoms with Crippen molar-refractivity contribution in [2.45, 2.75) is 32.7 Å². The predicted molar refractivity (Wildman–Crippen MR) is 111 cm³/mol. The van der Waals surface area contributed by atoms with Crippen molar-refractivity contribution < 1.29 is 23.1 Å². The number of carbonyl (C=O) groups is 1. The maximum absolute atomic E-state index is 13.5. The van der Waals surface area contributed by atoms with Gasteiger partial charge in [0.25, 0.3) is 0 Å². The number of nitrogens with zero attached hydrogens (tertiary/aromatic N) is 2. The minimum Gasteiger partial charge on any atom is -0.508 e. The second kappa shape index (κ2) is 8.22. The van der Waals surface area contributed by atoms with Crippen LogP contribution < -0.4 is 5.32 Å². The molecule has 1 amide bonds. The van der Waals surface area contributed by atoms with Crippen LogP contribution in [0.5, 0.6) is 5.75 Å². The molecule has 0 atom stereocenters. The lowest BCUT2D eigenvalue weighted by atomic mass is 10.0. The Balaban J connectivity index is 1.77. The van der Waals surface area contributed by atoms with Crippen LogP contribution in [0.2, 0.25) is 0 Å². The van der Waals surface area contributed by atoms with Crippen LogP contribution in [0.4, 0.5) is 13.6 Å². The van der Waals surface area contributed by atoms with Gasteiger partial charge < -0.3 is 14.8 Å². The van der Waals surface area contributed by atoms with Gasteiger partial charge in [0, 0.05) is 23.7 Å². The highest BCUT2D eigenvalue weighted by atomic mass is 19.1. The molecule has 2 aromatic carbocycles. The number of aromatic nitrogens is 2. The molecule has 0 aliphatic carbocycles. The van der Waals surface area contributed by atoms with Crippen LogP contribution in [-0.4, -0.2) is 20.7 Å². The molecule has 6 nitrogen and oxygen atoms in total. The summed E-state index contributed by atoms with van der Waals surface area (Å²) in [6.45, 7) is 3.87. The number of phenols is 1. The number of aromatic hydroxyl groups is 1. The zero-order valence-corrected chi connectivity index (χ0v) is 17.0. The highest BCUT2D eigenvalue weighted by Gasteiger charge is 2.24. The van der Waals surface area contributed by atoms with Gasteiger partial charge in [-0.05, 0) is 47.4 Å². The van der Waals surface area contributed by atoms with Crippen molar-refractivity contribution in [1.82, 2.24) is 14.9 Å². The molecule has 0 fully saturated rings. The van der Waals surface area contributed by atoms with Gasteiger partial charge in [-0.3, -0.25) is 4.57 Å². The van der Waals surface area contributed by atoms with E-state index in [1.54, 1.807) is 18.3 Å². The number of carbonyl (C=O) groups excluding carboxylic acids is 1. The van der Waals surface area contributed by atoms with E-state index in [0.29, 0.717) is 28.8 Å². The molecule has 0 bridgehead atoms. The Bertz CT molecular complexity index is 1230. The van der Waals surface area contributed by atoms with Crippen LogP contribution in [0.1, 0.15) is 42.5 Å². The molecule has 4 rings (SSSR count). The minimum atomic E-state index is -0.706. The Hall–Kier alpha value is -3.68. The Labute approximate surface area is 177 Å². The smallest absolute Gasteiger partial charge is 0.326 e.